The number of ether oxygens (including phenoxy) is 2. The Labute approximate surface area is 167 Å². The molecular formula is C22H21NO6. The number of alkyl carbamates (subject to hydrolysis) is 1. The Morgan fingerprint density at radius 2 is 1.66 bits per heavy atom. The topological polar surface area (TPSA) is 102 Å². The van der Waals surface area contributed by atoms with Crippen molar-refractivity contribution in [2.24, 2.45) is 5.92 Å². The fraction of sp³-hybridized carbons (Fsp3) is 0.318. The number of fused-ring (bicyclic) bond motifs is 3. The van der Waals surface area contributed by atoms with E-state index in [0.29, 0.717) is 0 Å². The lowest BCUT2D eigenvalue weighted by Crippen LogP contribution is -2.46. The number of aliphatic carboxylic acids is 1. The van der Waals surface area contributed by atoms with Gasteiger partial charge in [-0.3, -0.25) is 4.79 Å². The minimum absolute atomic E-state index is 0.101. The van der Waals surface area contributed by atoms with Crippen molar-refractivity contribution in [3.05, 3.63) is 59.7 Å². The van der Waals surface area contributed by atoms with Gasteiger partial charge in [0, 0.05) is 11.8 Å². The molecule has 0 unspecified atom stereocenters. The zero-order valence-corrected chi connectivity index (χ0v) is 15.9. The summed E-state index contributed by atoms with van der Waals surface area (Å²) in [7, 11) is 1.21. The highest BCUT2D eigenvalue weighted by Crippen LogP contribution is 2.47. The summed E-state index contributed by atoms with van der Waals surface area (Å²) in [5.41, 5.74) is 3.08. The van der Waals surface area contributed by atoms with E-state index in [1.54, 1.807) is 0 Å². The number of carbonyl (C=O) groups excluding carboxylic acids is 2. The zero-order valence-electron chi connectivity index (χ0n) is 15.9. The summed E-state index contributed by atoms with van der Waals surface area (Å²) in [5.74, 6) is -2.29. The van der Waals surface area contributed by atoms with Crippen LogP contribution in [0.25, 0.3) is 11.1 Å². The minimum Gasteiger partial charge on any atom is -0.481 e. The van der Waals surface area contributed by atoms with Gasteiger partial charge in [-0.05, 0) is 28.7 Å². The third kappa shape index (κ3) is 3.33. The Hall–Kier alpha value is -3.35. The molecule has 1 amide bonds. The minimum atomic E-state index is -1.32. The van der Waals surface area contributed by atoms with Crippen LogP contribution in [0.2, 0.25) is 0 Å². The molecule has 2 aliphatic carbocycles. The maximum absolute atomic E-state index is 12.4. The van der Waals surface area contributed by atoms with Gasteiger partial charge in [0.25, 0.3) is 0 Å². The molecule has 0 radical (unpaired) electrons. The van der Waals surface area contributed by atoms with Crippen LogP contribution in [0.3, 0.4) is 0 Å². The summed E-state index contributed by atoms with van der Waals surface area (Å²) in [5, 5.41) is 11.5. The number of benzene rings is 2. The number of nitrogens with one attached hydrogen (secondary N) is 1. The predicted molar refractivity (Wildman–Crippen MR) is 103 cm³/mol. The van der Waals surface area contributed by atoms with E-state index in [1.807, 2.05) is 48.5 Å². The normalized spacial score (nSPS) is 21.6. The van der Waals surface area contributed by atoms with E-state index in [2.05, 4.69) is 5.32 Å². The van der Waals surface area contributed by atoms with Crippen molar-refractivity contribution in [2.75, 3.05) is 13.7 Å². The molecule has 150 valence electrons. The largest absolute Gasteiger partial charge is 0.481 e. The maximum Gasteiger partial charge on any atom is 0.408 e. The van der Waals surface area contributed by atoms with Gasteiger partial charge >= 0.3 is 18.0 Å². The first-order chi connectivity index (χ1) is 14.0. The fourth-order valence-corrected chi connectivity index (χ4v) is 4.24. The van der Waals surface area contributed by atoms with Crippen molar-refractivity contribution < 1.29 is 29.0 Å². The molecule has 2 N–H and O–H groups in total. The summed E-state index contributed by atoms with van der Waals surface area (Å²) in [6, 6.07) is 16.0. The molecule has 1 fully saturated rings. The monoisotopic (exact) mass is 395 g/mol. The van der Waals surface area contributed by atoms with Gasteiger partial charge in [-0.15, -0.1) is 0 Å². The highest BCUT2D eigenvalue weighted by atomic mass is 16.6. The lowest BCUT2D eigenvalue weighted by atomic mass is 9.98. The van der Waals surface area contributed by atoms with E-state index >= 15 is 0 Å². The molecule has 0 heterocycles. The molecule has 29 heavy (non-hydrogen) atoms. The standard InChI is InChI=1S/C22H21NO6/c1-28-20(26)22(11-13(22)10-19(24)25)23-21(27)29-12-18-16-8-4-2-6-14(16)15-7-3-5-9-17(15)18/h2-9,13,18H,10-12H2,1H3,(H,23,27)(H,24,25)/t13-,22+/m1/s1. The van der Waals surface area contributed by atoms with Gasteiger partial charge in [-0.2, -0.15) is 0 Å². The van der Waals surface area contributed by atoms with E-state index in [-0.39, 0.29) is 25.4 Å². The molecule has 0 spiro atoms. The molecule has 2 aromatic carbocycles. The second-order valence-electron chi connectivity index (χ2n) is 7.41. The fourth-order valence-electron chi connectivity index (χ4n) is 4.24. The number of hydrogen-bond acceptors (Lipinski definition) is 5. The van der Waals surface area contributed by atoms with Gasteiger partial charge < -0.3 is 19.9 Å². The molecule has 4 rings (SSSR count). The smallest absolute Gasteiger partial charge is 0.408 e. The molecule has 0 bridgehead atoms. The van der Waals surface area contributed by atoms with Crippen LogP contribution >= 0.6 is 0 Å². The van der Waals surface area contributed by atoms with E-state index < -0.39 is 29.5 Å². The highest BCUT2D eigenvalue weighted by Gasteiger charge is 2.63. The zero-order chi connectivity index (χ0) is 20.6. The highest BCUT2D eigenvalue weighted by molar-refractivity contribution is 5.90. The average molecular weight is 395 g/mol. The third-order valence-corrected chi connectivity index (χ3v) is 5.74. The van der Waals surface area contributed by atoms with E-state index in [0.717, 1.165) is 22.3 Å². The first-order valence-electron chi connectivity index (χ1n) is 9.39. The van der Waals surface area contributed by atoms with Gasteiger partial charge in [0.15, 0.2) is 0 Å². The summed E-state index contributed by atoms with van der Waals surface area (Å²) in [6.07, 6.45) is -0.764. The van der Waals surface area contributed by atoms with Gasteiger partial charge in [-0.25, -0.2) is 9.59 Å². The molecule has 7 nitrogen and oxygen atoms in total. The molecule has 0 aromatic heterocycles. The van der Waals surface area contributed by atoms with Crippen molar-refractivity contribution in [2.45, 2.75) is 24.3 Å². The van der Waals surface area contributed by atoms with Gasteiger partial charge in [0.05, 0.1) is 13.5 Å². The second-order valence-corrected chi connectivity index (χ2v) is 7.41. The Balaban J connectivity index is 1.46. The van der Waals surface area contributed by atoms with Gasteiger partial charge in [-0.1, -0.05) is 48.5 Å². The first-order valence-corrected chi connectivity index (χ1v) is 9.39. The number of esters is 1. The average Bonchev–Trinajstić information content (AvgIpc) is 3.29. The van der Waals surface area contributed by atoms with Gasteiger partial charge in [0.2, 0.25) is 0 Å². The van der Waals surface area contributed by atoms with Crippen LogP contribution in [0, 0.1) is 5.92 Å². The Morgan fingerprint density at radius 1 is 1.07 bits per heavy atom. The van der Waals surface area contributed by atoms with Crippen molar-refractivity contribution in [1.82, 2.24) is 5.32 Å². The van der Waals surface area contributed by atoms with E-state index in [1.165, 1.54) is 7.11 Å². The Kier molecular flexibility index (Phi) is 4.74. The molecule has 0 aliphatic heterocycles. The summed E-state index contributed by atoms with van der Waals surface area (Å²) in [6.45, 7) is 0.112. The Morgan fingerprint density at radius 3 is 2.21 bits per heavy atom. The van der Waals surface area contributed by atoms with Crippen LogP contribution < -0.4 is 5.32 Å². The Bertz CT molecular complexity index is 941. The summed E-state index contributed by atoms with van der Waals surface area (Å²) in [4.78, 5) is 35.5. The van der Waals surface area contributed by atoms with Crippen molar-refractivity contribution in [1.29, 1.82) is 0 Å². The van der Waals surface area contributed by atoms with Crippen molar-refractivity contribution in [3.8, 4) is 11.1 Å². The molecule has 1 saturated carbocycles. The number of amides is 1. The van der Waals surface area contributed by atoms with Crippen LogP contribution in [0.4, 0.5) is 4.79 Å². The van der Waals surface area contributed by atoms with Crippen molar-refractivity contribution in [3.63, 3.8) is 0 Å². The first kappa shape index (κ1) is 19.0. The van der Waals surface area contributed by atoms with Crippen LogP contribution in [0.15, 0.2) is 48.5 Å². The maximum atomic E-state index is 12.4. The van der Waals surface area contributed by atoms with E-state index in [9.17, 15) is 14.4 Å². The van der Waals surface area contributed by atoms with E-state index in [4.69, 9.17) is 14.6 Å². The number of carboxylic acid groups (broad SMARTS) is 1. The van der Waals surface area contributed by atoms with Crippen LogP contribution in [-0.2, 0) is 19.1 Å². The molecule has 2 aromatic rings. The van der Waals surface area contributed by atoms with Crippen LogP contribution in [0.1, 0.15) is 29.9 Å². The molecule has 2 aliphatic rings. The second kappa shape index (κ2) is 7.24. The van der Waals surface area contributed by atoms with Crippen LogP contribution in [-0.4, -0.2) is 42.4 Å². The molecule has 0 saturated heterocycles. The van der Waals surface area contributed by atoms with Crippen molar-refractivity contribution >= 4 is 18.0 Å². The number of hydrogen-bond donors (Lipinski definition) is 2. The van der Waals surface area contributed by atoms with Gasteiger partial charge in [0.1, 0.15) is 12.1 Å². The summed E-state index contributed by atoms with van der Waals surface area (Å²) >= 11 is 0. The quantitative estimate of drug-likeness (QED) is 0.729. The molecular weight excluding hydrogens is 374 g/mol. The summed E-state index contributed by atoms with van der Waals surface area (Å²) < 4.78 is 10.2. The SMILES string of the molecule is COC(=O)[C@]1(NC(=O)OCC2c3ccccc3-c3ccccc32)C[C@H]1CC(=O)O. The number of carbonyl (C=O) groups is 3. The number of carboxylic acids is 1. The molecule has 2 atom stereocenters. The lowest BCUT2D eigenvalue weighted by Gasteiger charge is -2.19. The number of rotatable bonds is 6. The predicted octanol–water partition coefficient (Wildman–Crippen LogP) is 2.93. The third-order valence-electron chi connectivity index (χ3n) is 5.74. The van der Waals surface area contributed by atoms with Crippen LogP contribution in [0.5, 0.6) is 0 Å². The molecule has 7 heteroatoms. The number of methoxy groups -OCH3 is 1. The lowest BCUT2D eigenvalue weighted by molar-refractivity contribution is -0.145.